The molecular formula is C15H20Cl2N2O3. The number of benzene rings is 1. The molecule has 7 heteroatoms. The third-order valence-corrected chi connectivity index (χ3v) is 4.24. The first-order valence-corrected chi connectivity index (χ1v) is 7.89. The summed E-state index contributed by atoms with van der Waals surface area (Å²) < 4.78 is 10.8. The Morgan fingerprint density at radius 3 is 2.86 bits per heavy atom. The van der Waals surface area contributed by atoms with Crippen LogP contribution in [-0.2, 0) is 9.47 Å². The number of ether oxygens (including phenoxy) is 2. The van der Waals surface area contributed by atoms with E-state index in [4.69, 9.17) is 32.7 Å². The molecule has 0 aliphatic carbocycles. The molecule has 0 bridgehead atoms. The fourth-order valence-corrected chi connectivity index (χ4v) is 2.77. The number of carbonyl (C=O) groups excluding carboxylic acids is 1. The lowest BCUT2D eigenvalue weighted by molar-refractivity contribution is -0.0856. The summed E-state index contributed by atoms with van der Waals surface area (Å²) >= 11 is 12.1. The molecule has 2 atom stereocenters. The molecule has 1 heterocycles. The van der Waals surface area contributed by atoms with Crippen molar-refractivity contribution in [1.29, 1.82) is 0 Å². The number of hydrogen-bond acceptors (Lipinski definition) is 3. The number of carbonyl (C=O) groups is 1. The standard InChI is InChI=1S/C15H20Cl2N2O3/c1-10(13-4-3-11(16)7-14(13)17)19(2)15(20)18-8-12-9-21-5-6-22-12/h3-4,7,10,12H,5-6,8-9H2,1-2H3,(H,18,20)/t10-,12+/m0/s1. The molecule has 1 saturated heterocycles. The van der Waals surface area contributed by atoms with Crippen molar-refractivity contribution in [2.75, 3.05) is 33.4 Å². The van der Waals surface area contributed by atoms with E-state index in [0.29, 0.717) is 36.4 Å². The minimum absolute atomic E-state index is 0.0967. The van der Waals surface area contributed by atoms with Crippen LogP contribution in [0.4, 0.5) is 4.79 Å². The molecule has 1 fully saturated rings. The molecule has 1 aromatic rings. The smallest absolute Gasteiger partial charge is 0.317 e. The highest BCUT2D eigenvalue weighted by molar-refractivity contribution is 6.35. The highest BCUT2D eigenvalue weighted by Gasteiger charge is 2.21. The molecule has 2 rings (SSSR count). The number of hydrogen-bond donors (Lipinski definition) is 1. The summed E-state index contributed by atoms with van der Waals surface area (Å²) in [6, 6.07) is 4.91. The van der Waals surface area contributed by atoms with Crippen molar-refractivity contribution in [3.63, 3.8) is 0 Å². The quantitative estimate of drug-likeness (QED) is 0.911. The lowest BCUT2D eigenvalue weighted by Crippen LogP contribution is -2.45. The van der Waals surface area contributed by atoms with Crippen LogP contribution in [0.2, 0.25) is 10.0 Å². The summed E-state index contributed by atoms with van der Waals surface area (Å²) in [6.07, 6.45) is -0.0967. The molecule has 0 radical (unpaired) electrons. The number of urea groups is 1. The van der Waals surface area contributed by atoms with E-state index < -0.39 is 0 Å². The zero-order chi connectivity index (χ0) is 16.1. The summed E-state index contributed by atoms with van der Waals surface area (Å²) in [7, 11) is 1.73. The Bertz CT molecular complexity index is 522. The van der Waals surface area contributed by atoms with Crippen LogP contribution in [0.25, 0.3) is 0 Å². The third kappa shape index (κ3) is 4.49. The van der Waals surface area contributed by atoms with E-state index >= 15 is 0 Å². The fraction of sp³-hybridized carbons (Fsp3) is 0.533. The van der Waals surface area contributed by atoms with E-state index in [1.807, 2.05) is 13.0 Å². The van der Waals surface area contributed by atoms with Gasteiger partial charge in [0.15, 0.2) is 0 Å². The highest BCUT2D eigenvalue weighted by Crippen LogP contribution is 2.29. The van der Waals surface area contributed by atoms with Gasteiger partial charge in [-0.25, -0.2) is 4.79 Å². The monoisotopic (exact) mass is 346 g/mol. The molecule has 2 amide bonds. The molecule has 5 nitrogen and oxygen atoms in total. The van der Waals surface area contributed by atoms with Gasteiger partial charge in [0, 0.05) is 23.6 Å². The van der Waals surface area contributed by atoms with Gasteiger partial charge in [-0.15, -0.1) is 0 Å². The van der Waals surface area contributed by atoms with E-state index in [9.17, 15) is 4.79 Å². The summed E-state index contributed by atoms with van der Waals surface area (Å²) in [4.78, 5) is 13.8. The normalized spacial score (nSPS) is 19.5. The number of nitrogens with one attached hydrogen (secondary N) is 1. The second-order valence-electron chi connectivity index (χ2n) is 5.21. The maximum absolute atomic E-state index is 12.2. The van der Waals surface area contributed by atoms with Gasteiger partial charge in [0.1, 0.15) is 0 Å². The summed E-state index contributed by atoms with van der Waals surface area (Å²) in [5.41, 5.74) is 0.848. The van der Waals surface area contributed by atoms with Crippen molar-refractivity contribution in [3.8, 4) is 0 Å². The minimum Gasteiger partial charge on any atom is -0.376 e. The molecule has 0 spiro atoms. The van der Waals surface area contributed by atoms with Gasteiger partial charge in [0.25, 0.3) is 0 Å². The number of rotatable bonds is 4. The van der Waals surface area contributed by atoms with Crippen LogP contribution < -0.4 is 5.32 Å². The Labute approximate surface area is 140 Å². The highest BCUT2D eigenvalue weighted by atomic mass is 35.5. The Morgan fingerprint density at radius 2 is 2.23 bits per heavy atom. The molecule has 1 aliphatic rings. The molecule has 122 valence electrons. The van der Waals surface area contributed by atoms with Crippen LogP contribution in [0.3, 0.4) is 0 Å². The molecule has 1 N–H and O–H groups in total. The Kier molecular flexibility index (Phi) is 6.32. The minimum atomic E-state index is -0.187. The fourth-order valence-electron chi connectivity index (χ4n) is 2.21. The summed E-state index contributed by atoms with van der Waals surface area (Å²) in [5, 5.41) is 3.96. The SMILES string of the molecule is C[C@@H](c1ccc(Cl)cc1Cl)N(C)C(=O)NC[C@@H]1COCCO1. The van der Waals surface area contributed by atoms with Gasteiger partial charge in [-0.05, 0) is 24.6 Å². The number of halogens is 2. The van der Waals surface area contributed by atoms with Crippen LogP contribution in [0.15, 0.2) is 18.2 Å². The van der Waals surface area contributed by atoms with E-state index in [-0.39, 0.29) is 18.2 Å². The second kappa shape index (κ2) is 8.02. The predicted octanol–water partition coefficient (Wildman–Crippen LogP) is 3.11. The number of amides is 2. The van der Waals surface area contributed by atoms with Gasteiger partial charge in [0.2, 0.25) is 0 Å². The maximum atomic E-state index is 12.2. The zero-order valence-corrected chi connectivity index (χ0v) is 14.2. The van der Waals surface area contributed by atoms with Crippen molar-refractivity contribution in [2.24, 2.45) is 0 Å². The Hall–Kier alpha value is -1.01. The van der Waals surface area contributed by atoms with Crippen LogP contribution in [-0.4, -0.2) is 50.4 Å². The van der Waals surface area contributed by atoms with E-state index in [0.717, 1.165) is 5.56 Å². The van der Waals surface area contributed by atoms with Crippen LogP contribution in [0.1, 0.15) is 18.5 Å². The summed E-state index contributed by atoms with van der Waals surface area (Å²) in [5.74, 6) is 0. The first kappa shape index (κ1) is 17.3. The van der Waals surface area contributed by atoms with Gasteiger partial charge in [-0.1, -0.05) is 29.3 Å². The first-order valence-electron chi connectivity index (χ1n) is 7.14. The van der Waals surface area contributed by atoms with Crippen molar-refractivity contribution >= 4 is 29.2 Å². The molecule has 22 heavy (non-hydrogen) atoms. The van der Waals surface area contributed by atoms with Gasteiger partial charge in [0.05, 0.1) is 32.0 Å². The second-order valence-corrected chi connectivity index (χ2v) is 6.05. The van der Waals surface area contributed by atoms with Gasteiger partial charge in [-0.2, -0.15) is 0 Å². The average Bonchev–Trinajstić information content (AvgIpc) is 2.52. The zero-order valence-electron chi connectivity index (χ0n) is 12.6. The molecule has 0 aromatic heterocycles. The van der Waals surface area contributed by atoms with Crippen LogP contribution in [0, 0.1) is 0 Å². The summed E-state index contributed by atoms with van der Waals surface area (Å²) in [6.45, 7) is 4.01. The maximum Gasteiger partial charge on any atom is 0.317 e. The van der Waals surface area contributed by atoms with Crippen molar-refractivity contribution in [1.82, 2.24) is 10.2 Å². The lowest BCUT2D eigenvalue weighted by Gasteiger charge is -2.28. The molecule has 1 aliphatic heterocycles. The molecule has 0 saturated carbocycles. The predicted molar refractivity (Wildman–Crippen MR) is 86.6 cm³/mol. The van der Waals surface area contributed by atoms with Crippen molar-refractivity contribution in [3.05, 3.63) is 33.8 Å². The van der Waals surface area contributed by atoms with Crippen molar-refractivity contribution in [2.45, 2.75) is 19.1 Å². The average molecular weight is 347 g/mol. The van der Waals surface area contributed by atoms with E-state index in [1.165, 1.54) is 0 Å². The van der Waals surface area contributed by atoms with Gasteiger partial charge < -0.3 is 19.7 Å². The molecule has 0 unspecified atom stereocenters. The molecular weight excluding hydrogens is 327 g/mol. The van der Waals surface area contributed by atoms with Crippen LogP contribution in [0.5, 0.6) is 0 Å². The molecule has 1 aromatic carbocycles. The van der Waals surface area contributed by atoms with Gasteiger partial charge >= 0.3 is 6.03 Å². The third-order valence-electron chi connectivity index (χ3n) is 3.68. The first-order chi connectivity index (χ1) is 10.5. The Balaban J connectivity index is 1.91. The lowest BCUT2D eigenvalue weighted by atomic mass is 10.1. The van der Waals surface area contributed by atoms with E-state index in [1.54, 1.807) is 24.1 Å². The topological polar surface area (TPSA) is 50.8 Å². The number of nitrogens with zero attached hydrogens (tertiary/aromatic N) is 1. The van der Waals surface area contributed by atoms with Crippen molar-refractivity contribution < 1.29 is 14.3 Å². The largest absolute Gasteiger partial charge is 0.376 e. The Morgan fingerprint density at radius 1 is 1.45 bits per heavy atom. The van der Waals surface area contributed by atoms with E-state index in [2.05, 4.69) is 5.32 Å². The van der Waals surface area contributed by atoms with Crippen LogP contribution >= 0.6 is 23.2 Å². The van der Waals surface area contributed by atoms with Gasteiger partial charge in [-0.3, -0.25) is 0 Å².